The van der Waals surface area contributed by atoms with Crippen LogP contribution >= 0.6 is 11.3 Å². The molecule has 1 aromatic carbocycles. The van der Waals surface area contributed by atoms with E-state index >= 15 is 0 Å². The van der Waals surface area contributed by atoms with E-state index in [0.29, 0.717) is 25.6 Å². The highest BCUT2D eigenvalue weighted by atomic mass is 32.1. The predicted octanol–water partition coefficient (Wildman–Crippen LogP) is 5.65. The largest absolute Gasteiger partial charge is 0.333 e. The van der Waals surface area contributed by atoms with Crippen LogP contribution in [0.2, 0.25) is 0 Å². The molecule has 0 bridgehead atoms. The molecule has 31 heavy (non-hydrogen) atoms. The minimum Gasteiger partial charge on any atom is -0.333 e. The van der Waals surface area contributed by atoms with Crippen LogP contribution in [0.4, 0.5) is 0 Å². The van der Waals surface area contributed by atoms with Crippen LogP contribution in [-0.2, 0) is 22.7 Å². The van der Waals surface area contributed by atoms with Gasteiger partial charge in [0, 0.05) is 28.8 Å². The lowest BCUT2D eigenvalue weighted by Gasteiger charge is -2.30. The Morgan fingerprint density at radius 3 is 2.35 bits per heavy atom. The summed E-state index contributed by atoms with van der Waals surface area (Å²) in [7, 11) is 0. The Bertz CT molecular complexity index is 842. The fraction of sp³-hybridized carbons (Fsp3) is 0.538. The Morgan fingerprint density at radius 2 is 1.74 bits per heavy atom. The average molecular weight is 441 g/mol. The van der Waals surface area contributed by atoms with E-state index in [4.69, 9.17) is 0 Å². The molecule has 0 aliphatic heterocycles. The monoisotopic (exact) mass is 440 g/mol. The molecule has 168 valence electrons. The predicted molar refractivity (Wildman–Crippen MR) is 128 cm³/mol. The zero-order valence-electron chi connectivity index (χ0n) is 19.2. The van der Waals surface area contributed by atoms with Gasteiger partial charge in [0.15, 0.2) is 0 Å². The smallest absolute Gasteiger partial charge is 0.242 e. The van der Waals surface area contributed by atoms with Crippen LogP contribution in [0, 0.1) is 18.8 Å². The Hall–Kier alpha value is -2.14. The molecule has 0 N–H and O–H groups in total. The van der Waals surface area contributed by atoms with Gasteiger partial charge in [-0.3, -0.25) is 9.59 Å². The van der Waals surface area contributed by atoms with E-state index in [1.807, 2.05) is 28.0 Å². The van der Waals surface area contributed by atoms with E-state index in [9.17, 15) is 9.59 Å². The number of aryl methyl sites for hydroxylation is 1. The highest BCUT2D eigenvalue weighted by Gasteiger charge is 2.30. The van der Waals surface area contributed by atoms with Gasteiger partial charge in [-0.25, -0.2) is 0 Å². The molecule has 4 nitrogen and oxygen atoms in total. The van der Waals surface area contributed by atoms with Crippen molar-refractivity contribution in [3.8, 4) is 0 Å². The van der Waals surface area contributed by atoms with Gasteiger partial charge in [-0.2, -0.15) is 0 Å². The molecule has 2 aromatic rings. The van der Waals surface area contributed by atoms with E-state index in [-0.39, 0.29) is 24.3 Å². The maximum absolute atomic E-state index is 13.5. The van der Waals surface area contributed by atoms with Crippen molar-refractivity contribution in [1.29, 1.82) is 0 Å². The van der Waals surface area contributed by atoms with Gasteiger partial charge in [0.25, 0.3) is 0 Å². The van der Waals surface area contributed by atoms with Crippen LogP contribution in [0.15, 0.2) is 42.5 Å². The first kappa shape index (κ1) is 23.5. The van der Waals surface area contributed by atoms with Gasteiger partial charge in [-0.15, -0.1) is 11.3 Å². The number of hydrogen-bond donors (Lipinski definition) is 0. The van der Waals surface area contributed by atoms with E-state index in [1.165, 1.54) is 9.75 Å². The van der Waals surface area contributed by atoms with Crippen LogP contribution in [0.5, 0.6) is 0 Å². The summed E-state index contributed by atoms with van der Waals surface area (Å²) in [6.45, 7) is 8.38. The van der Waals surface area contributed by atoms with Crippen molar-refractivity contribution in [1.82, 2.24) is 9.80 Å². The van der Waals surface area contributed by atoms with Crippen LogP contribution < -0.4 is 0 Å². The zero-order valence-corrected chi connectivity index (χ0v) is 20.0. The van der Waals surface area contributed by atoms with Gasteiger partial charge in [0.05, 0.1) is 13.1 Å². The van der Waals surface area contributed by atoms with E-state index in [2.05, 4.69) is 45.0 Å². The number of rotatable bonds is 10. The van der Waals surface area contributed by atoms with Crippen molar-refractivity contribution in [2.24, 2.45) is 11.8 Å². The first-order valence-corrected chi connectivity index (χ1v) is 12.4. The number of carbonyl (C=O) groups is 2. The average Bonchev–Trinajstić information content (AvgIpc) is 3.45. The number of amides is 2. The van der Waals surface area contributed by atoms with Gasteiger partial charge < -0.3 is 9.80 Å². The summed E-state index contributed by atoms with van der Waals surface area (Å²) in [6.07, 6.45) is 5.18. The SMILES string of the molecule is CCC(C)CN(CC(=O)N(Cc1ccccc1)Cc1ccc(C)s1)C(=O)C1CCCC1. The second kappa shape index (κ2) is 11.5. The summed E-state index contributed by atoms with van der Waals surface area (Å²) >= 11 is 1.73. The summed E-state index contributed by atoms with van der Waals surface area (Å²) in [4.78, 5) is 32.9. The number of hydrogen-bond acceptors (Lipinski definition) is 3. The minimum absolute atomic E-state index is 0.0320. The third-order valence-corrected chi connectivity index (χ3v) is 7.27. The quantitative estimate of drug-likeness (QED) is 0.479. The second-order valence-corrected chi connectivity index (χ2v) is 10.3. The highest BCUT2D eigenvalue weighted by molar-refractivity contribution is 7.11. The summed E-state index contributed by atoms with van der Waals surface area (Å²) in [5, 5.41) is 0. The molecule has 1 heterocycles. The number of benzene rings is 1. The lowest BCUT2D eigenvalue weighted by Crippen LogP contribution is -2.45. The Morgan fingerprint density at radius 1 is 1.03 bits per heavy atom. The molecule has 1 atom stereocenters. The maximum Gasteiger partial charge on any atom is 0.242 e. The fourth-order valence-corrected chi connectivity index (χ4v) is 5.13. The van der Waals surface area contributed by atoms with Crippen molar-refractivity contribution < 1.29 is 9.59 Å². The fourth-order valence-electron chi connectivity index (χ4n) is 4.23. The van der Waals surface area contributed by atoms with Gasteiger partial charge >= 0.3 is 0 Å². The molecule has 3 rings (SSSR count). The Kier molecular flexibility index (Phi) is 8.70. The topological polar surface area (TPSA) is 40.6 Å². The first-order valence-electron chi connectivity index (χ1n) is 11.6. The Labute approximate surface area is 191 Å². The molecule has 1 aliphatic rings. The molecule has 1 aromatic heterocycles. The normalized spacial score (nSPS) is 15.1. The zero-order chi connectivity index (χ0) is 22.2. The Balaban J connectivity index is 1.76. The molecule has 0 saturated heterocycles. The van der Waals surface area contributed by atoms with Crippen LogP contribution in [0.1, 0.15) is 61.3 Å². The van der Waals surface area contributed by atoms with E-state index < -0.39 is 0 Å². The van der Waals surface area contributed by atoms with Crippen molar-refractivity contribution >= 4 is 23.2 Å². The number of nitrogens with zero attached hydrogens (tertiary/aromatic N) is 2. The van der Waals surface area contributed by atoms with Crippen LogP contribution in [-0.4, -0.2) is 34.7 Å². The molecule has 1 unspecified atom stereocenters. The van der Waals surface area contributed by atoms with Crippen molar-refractivity contribution in [3.05, 3.63) is 57.8 Å². The first-order chi connectivity index (χ1) is 15.0. The van der Waals surface area contributed by atoms with Gasteiger partial charge in [-0.1, -0.05) is 63.4 Å². The standard InChI is InChI=1S/C26H36N2O2S/c1-4-20(2)16-28(26(30)23-12-8-9-13-23)19-25(29)27(17-22-10-6-5-7-11-22)18-24-15-14-21(3)31-24/h5-7,10-11,14-15,20,23H,4,8-9,12-13,16-19H2,1-3H3. The van der Waals surface area contributed by atoms with Crippen LogP contribution in [0.3, 0.4) is 0 Å². The van der Waals surface area contributed by atoms with Crippen LogP contribution in [0.25, 0.3) is 0 Å². The van der Waals surface area contributed by atoms with Crippen molar-refractivity contribution in [3.63, 3.8) is 0 Å². The summed E-state index contributed by atoms with van der Waals surface area (Å²) in [5.41, 5.74) is 1.11. The molecule has 2 amide bonds. The summed E-state index contributed by atoms with van der Waals surface area (Å²) in [6, 6.07) is 14.3. The third-order valence-electron chi connectivity index (χ3n) is 6.28. The minimum atomic E-state index is 0.0320. The molecular formula is C26H36N2O2S. The highest BCUT2D eigenvalue weighted by Crippen LogP contribution is 2.27. The summed E-state index contributed by atoms with van der Waals surface area (Å²) in [5.74, 6) is 0.697. The van der Waals surface area contributed by atoms with Gasteiger partial charge in [-0.05, 0) is 43.4 Å². The summed E-state index contributed by atoms with van der Waals surface area (Å²) < 4.78 is 0. The molecule has 1 fully saturated rings. The molecule has 0 radical (unpaired) electrons. The third kappa shape index (κ3) is 6.93. The number of thiophene rings is 1. The lowest BCUT2D eigenvalue weighted by atomic mass is 10.0. The number of carbonyl (C=O) groups excluding carboxylic acids is 2. The molecule has 1 aliphatic carbocycles. The maximum atomic E-state index is 13.5. The second-order valence-electron chi connectivity index (χ2n) is 8.96. The van der Waals surface area contributed by atoms with Gasteiger partial charge in [0.1, 0.15) is 0 Å². The van der Waals surface area contributed by atoms with E-state index in [0.717, 1.165) is 37.7 Å². The van der Waals surface area contributed by atoms with Crippen molar-refractivity contribution in [2.45, 2.75) is 66.0 Å². The van der Waals surface area contributed by atoms with Gasteiger partial charge in [0.2, 0.25) is 11.8 Å². The lowest BCUT2D eigenvalue weighted by molar-refractivity contribution is -0.144. The van der Waals surface area contributed by atoms with E-state index in [1.54, 1.807) is 11.3 Å². The molecule has 5 heteroatoms. The van der Waals surface area contributed by atoms with Crippen molar-refractivity contribution in [2.75, 3.05) is 13.1 Å². The molecule has 1 saturated carbocycles. The molecule has 0 spiro atoms. The molecular weight excluding hydrogens is 404 g/mol.